The monoisotopic (exact) mass is 457 g/mol. The van der Waals surface area contributed by atoms with Crippen molar-refractivity contribution < 1.29 is 33.4 Å². The maximum absolute atomic E-state index is 12.8. The van der Waals surface area contributed by atoms with Gasteiger partial charge in [-0.15, -0.1) is 0 Å². The van der Waals surface area contributed by atoms with Crippen molar-refractivity contribution in [2.75, 3.05) is 11.9 Å². The third-order valence-corrected chi connectivity index (χ3v) is 5.24. The molecule has 1 amide bonds. The number of hydrogen-bond acceptors (Lipinski definition) is 7. The fraction of sp³-hybridized carbons (Fsp3) is 0.115. The van der Waals surface area contributed by atoms with E-state index in [-0.39, 0.29) is 22.7 Å². The van der Waals surface area contributed by atoms with E-state index in [0.717, 1.165) is 0 Å². The Bertz CT molecular complexity index is 1310. The first kappa shape index (κ1) is 22.6. The minimum Gasteiger partial charge on any atom is -0.482 e. The van der Waals surface area contributed by atoms with E-state index in [9.17, 15) is 24.0 Å². The summed E-state index contributed by atoms with van der Waals surface area (Å²) < 4.78 is 10.4. The van der Waals surface area contributed by atoms with Gasteiger partial charge >= 0.3 is 5.97 Å². The summed E-state index contributed by atoms with van der Waals surface area (Å²) in [6, 6.07) is 17.2. The molecule has 1 aliphatic carbocycles. The highest BCUT2D eigenvalue weighted by Gasteiger charge is 2.29. The van der Waals surface area contributed by atoms with Crippen LogP contribution >= 0.6 is 0 Å². The van der Waals surface area contributed by atoms with E-state index in [4.69, 9.17) is 9.47 Å². The molecule has 0 radical (unpaired) electrons. The fourth-order valence-corrected chi connectivity index (χ4v) is 3.49. The summed E-state index contributed by atoms with van der Waals surface area (Å²) in [6.45, 7) is 0.975. The molecule has 0 saturated carbocycles. The van der Waals surface area contributed by atoms with Crippen LogP contribution in [0.15, 0.2) is 66.7 Å². The van der Waals surface area contributed by atoms with Crippen molar-refractivity contribution in [1.29, 1.82) is 0 Å². The molecule has 34 heavy (non-hydrogen) atoms. The van der Waals surface area contributed by atoms with Crippen LogP contribution < -0.4 is 10.1 Å². The van der Waals surface area contributed by atoms with Crippen LogP contribution in [0.3, 0.4) is 0 Å². The lowest BCUT2D eigenvalue weighted by Crippen LogP contribution is -2.32. The molecule has 1 unspecified atom stereocenters. The van der Waals surface area contributed by atoms with E-state index in [0.29, 0.717) is 34.4 Å². The summed E-state index contributed by atoms with van der Waals surface area (Å²) >= 11 is 0. The second kappa shape index (κ2) is 9.50. The maximum Gasteiger partial charge on any atom is 0.344 e. The number of fused-ring (bicyclic) bond motifs is 2. The van der Waals surface area contributed by atoms with Gasteiger partial charge in [0.25, 0.3) is 5.91 Å². The van der Waals surface area contributed by atoms with Crippen LogP contribution in [-0.4, -0.2) is 42.4 Å². The predicted octanol–water partition coefficient (Wildman–Crippen LogP) is 3.22. The van der Waals surface area contributed by atoms with Gasteiger partial charge in [-0.05, 0) is 49.4 Å². The number of nitrogens with one attached hydrogen (secondary N) is 1. The molecule has 170 valence electrons. The highest BCUT2D eigenvalue weighted by molar-refractivity contribution is 6.28. The Kier molecular flexibility index (Phi) is 6.31. The number of aldehydes is 1. The average Bonchev–Trinajstić information content (AvgIpc) is 2.86. The lowest BCUT2D eigenvalue weighted by atomic mass is 9.84. The van der Waals surface area contributed by atoms with Gasteiger partial charge in [0.1, 0.15) is 12.0 Å². The zero-order valence-electron chi connectivity index (χ0n) is 18.1. The summed E-state index contributed by atoms with van der Waals surface area (Å²) in [5.41, 5.74) is 1.88. The van der Waals surface area contributed by atoms with E-state index in [2.05, 4.69) is 5.32 Å². The molecule has 0 heterocycles. The smallest absolute Gasteiger partial charge is 0.344 e. The van der Waals surface area contributed by atoms with Gasteiger partial charge in [0, 0.05) is 33.5 Å². The summed E-state index contributed by atoms with van der Waals surface area (Å²) in [4.78, 5) is 60.7. The molecular formula is C26H19NO7. The molecule has 8 heteroatoms. The summed E-state index contributed by atoms with van der Waals surface area (Å²) in [5, 5.41) is 2.59. The number of hydrogen-bond donors (Lipinski definition) is 1. The van der Waals surface area contributed by atoms with Crippen molar-refractivity contribution in [2.45, 2.75) is 13.0 Å². The van der Waals surface area contributed by atoms with Gasteiger partial charge < -0.3 is 14.8 Å². The van der Waals surface area contributed by atoms with Crippen LogP contribution in [-0.2, 0) is 14.3 Å². The number of anilines is 1. The van der Waals surface area contributed by atoms with Gasteiger partial charge in [0.15, 0.2) is 24.3 Å². The molecule has 0 aromatic heterocycles. The number of rotatable bonds is 7. The first-order valence-corrected chi connectivity index (χ1v) is 10.4. The second-order valence-electron chi connectivity index (χ2n) is 7.56. The van der Waals surface area contributed by atoms with E-state index < -0.39 is 24.6 Å². The lowest BCUT2D eigenvalue weighted by molar-refractivity contribution is -0.155. The van der Waals surface area contributed by atoms with E-state index in [1.807, 2.05) is 0 Å². The fourth-order valence-electron chi connectivity index (χ4n) is 3.49. The normalized spacial score (nSPS) is 12.7. The third kappa shape index (κ3) is 4.61. The highest BCUT2D eigenvalue weighted by Crippen LogP contribution is 2.29. The van der Waals surface area contributed by atoms with Gasteiger partial charge in [0.05, 0.1) is 0 Å². The average molecular weight is 457 g/mol. The van der Waals surface area contributed by atoms with E-state index >= 15 is 0 Å². The highest BCUT2D eigenvalue weighted by atomic mass is 16.6. The molecule has 0 fully saturated rings. The van der Waals surface area contributed by atoms with Crippen molar-refractivity contribution in [3.63, 3.8) is 0 Å². The quantitative estimate of drug-likeness (QED) is 0.335. The van der Waals surface area contributed by atoms with Crippen LogP contribution in [0.25, 0.3) is 0 Å². The van der Waals surface area contributed by atoms with Crippen molar-refractivity contribution in [3.05, 3.63) is 94.5 Å². The predicted molar refractivity (Wildman–Crippen MR) is 121 cm³/mol. The largest absolute Gasteiger partial charge is 0.482 e. The number of ether oxygens (including phenoxy) is 2. The number of ketones is 2. The Morgan fingerprint density at radius 1 is 0.882 bits per heavy atom. The molecule has 8 nitrogen and oxygen atoms in total. The van der Waals surface area contributed by atoms with Gasteiger partial charge in [-0.25, -0.2) is 4.79 Å². The van der Waals surface area contributed by atoms with Gasteiger partial charge in [0.2, 0.25) is 0 Å². The van der Waals surface area contributed by atoms with Gasteiger partial charge in [-0.2, -0.15) is 0 Å². The Hall–Kier alpha value is -4.59. The van der Waals surface area contributed by atoms with Crippen LogP contribution in [0.1, 0.15) is 49.1 Å². The Morgan fingerprint density at radius 2 is 1.50 bits per heavy atom. The molecule has 1 atom stereocenters. The first-order chi connectivity index (χ1) is 16.4. The molecular weight excluding hydrogens is 438 g/mol. The van der Waals surface area contributed by atoms with Crippen molar-refractivity contribution in [1.82, 2.24) is 0 Å². The van der Waals surface area contributed by atoms with Crippen molar-refractivity contribution in [2.24, 2.45) is 0 Å². The van der Waals surface area contributed by atoms with E-state index in [1.165, 1.54) is 37.3 Å². The van der Waals surface area contributed by atoms with Crippen molar-refractivity contribution >= 4 is 35.4 Å². The molecule has 1 aliphatic rings. The lowest BCUT2D eigenvalue weighted by Gasteiger charge is -2.19. The van der Waals surface area contributed by atoms with Crippen LogP contribution in [0.4, 0.5) is 5.69 Å². The summed E-state index contributed by atoms with van der Waals surface area (Å²) in [7, 11) is 0. The van der Waals surface area contributed by atoms with Crippen LogP contribution in [0.5, 0.6) is 5.75 Å². The molecule has 0 aliphatic heterocycles. The van der Waals surface area contributed by atoms with Crippen LogP contribution in [0, 0.1) is 0 Å². The van der Waals surface area contributed by atoms with Crippen LogP contribution in [0.2, 0.25) is 0 Å². The summed E-state index contributed by atoms with van der Waals surface area (Å²) in [5.74, 6) is -1.57. The molecule has 3 aromatic carbocycles. The third-order valence-electron chi connectivity index (χ3n) is 5.24. The second-order valence-corrected chi connectivity index (χ2v) is 7.56. The Labute approximate surface area is 194 Å². The summed E-state index contributed by atoms with van der Waals surface area (Å²) in [6.07, 6.45) is -0.448. The number of carbonyl (C=O) groups excluding carboxylic acids is 5. The number of carbonyl (C=O) groups is 5. The SMILES string of the molecule is CC(OC(=O)COc1ccc(C=O)cc1)C(=O)Nc1ccc2c(c1)C(=O)c1ccccc1C2=O. The topological polar surface area (TPSA) is 116 Å². The maximum atomic E-state index is 12.8. The molecule has 1 N–H and O–H groups in total. The number of amides is 1. The zero-order chi connectivity index (χ0) is 24.2. The van der Waals surface area contributed by atoms with Gasteiger partial charge in [-0.1, -0.05) is 24.3 Å². The minimum absolute atomic E-state index is 0.195. The van der Waals surface area contributed by atoms with Gasteiger partial charge in [-0.3, -0.25) is 19.2 Å². The molecule has 0 saturated heterocycles. The molecule has 4 rings (SSSR count). The standard InChI is InChI=1S/C26H19NO7/c1-15(34-23(29)14-33-18-9-6-16(13-28)7-10-18)26(32)27-17-8-11-21-22(12-17)25(31)20-5-3-2-4-19(20)24(21)30/h2-13,15H,14H2,1H3,(H,27,32). The van der Waals surface area contributed by atoms with E-state index in [1.54, 1.807) is 36.4 Å². The Morgan fingerprint density at radius 3 is 2.15 bits per heavy atom. The number of esters is 1. The Balaban J connectivity index is 1.37. The molecule has 3 aromatic rings. The minimum atomic E-state index is -1.14. The molecule has 0 spiro atoms. The first-order valence-electron chi connectivity index (χ1n) is 10.4. The molecule has 0 bridgehead atoms. The zero-order valence-corrected chi connectivity index (χ0v) is 18.1. The van der Waals surface area contributed by atoms with Crippen molar-refractivity contribution in [3.8, 4) is 5.75 Å². The number of benzene rings is 3.